The van der Waals surface area contributed by atoms with Gasteiger partial charge >= 0.3 is 0 Å². The monoisotopic (exact) mass is 283 g/mol. The molecule has 1 aliphatic carbocycles. The standard InChI is InChI=1S/C16H33N3O/c1-4-6-7-8-9-14(3)19-15(17-5-2)18-12-16(13-20)10-11-16/h14,20H,4-13H2,1-3H3,(H2,17,18,19). The maximum absolute atomic E-state index is 9.34. The Morgan fingerprint density at radius 3 is 2.55 bits per heavy atom. The summed E-state index contributed by atoms with van der Waals surface area (Å²) in [5.74, 6) is 0.898. The van der Waals surface area contributed by atoms with E-state index in [1.807, 2.05) is 0 Å². The molecule has 0 aromatic carbocycles. The second kappa shape index (κ2) is 9.22. The minimum atomic E-state index is 0.0900. The van der Waals surface area contributed by atoms with Crippen LogP contribution in [-0.2, 0) is 0 Å². The predicted molar refractivity (Wildman–Crippen MR) is 86.1 cm³/mol. The molecule has 0 saturated heterocycles. The average Bonchev–Trinajstić information content (AvgIpc) is 3.22. The van der Waals surface area contributed by atoms with Gasteiger partial charge < -0.3 is 15.7 Å². The molecule has 0 spiro atoms. The lowest BCUT2D eigenvalue weighted by atomic mass is 10.1. The van der Waals surface area contributed by atoms with Gasteiger partial charge in [-0.1, -0.05) is 32.6 Å². The molecule has 0 radical (unpaired) electrons. The first-order chi connectivity index (χ1) is 9.65. The molecular weight excluding hydrogens is 250 g/mol. The molecule has 4 nitrogen and oxygen atoms in total. The van der Waals surface area contributed by atoms with Gasteiger partial charge in [0.2, 0.25) is 0 Å². The molecular formula is C16H33N3O. The summed E-state index contributed by atoms with van der Waals surface area (Å²) in [6.45, 7) is 8.43. The number of nitrogens with one attached hydrogen (secondary N) is 2. The van der Waals surface area contributed by atoms with Gasteiger partial charge in [-0.05, 0) is 33.1 Å². The minimum absolute atomic E-state index is 0.0900. The van der Waals surface area contributed by atoms with Gasteiger partial charge in [-0.3, -0.25) is 4.99 Å². The Kier molecular flexibility index (Phi) is 7.97. The Labute approximate surface area is 124 Å². The lowest BCUT2D eigenvalue weighted by Gasteiger charge is -2.18. The van der Waals surface area contributed by atoms with E-state index < -0.39 is 0 Å². The molecule has 20 heavy (non-hydrogen) atoms. The summed E-state index contributed by atoms with van der Waals surface area (Å²) >= 11 is 0. The summed E-state index contributed by atoms with van der Waals surface area (Å²) in [4.78, 5) is 4.64. The van der Waals surface area contributed by atoms with Crippen molar-refractivity contribution in [1.29, 1.82) is 0 Å². The van der Waals surface area contributed by atoms with Crippen molar-refractivity contribution in [3.05, 3.63) is 0 Å². The van der Waals surface area contributed by atoms with Crippen LogP contribution in [-0.4, -0.2) is 36.8 Å². The zero-order valence-electron chi connectivity index (χ0n) is 13.5. The summed E-state index contributed by atoms with van der Waals surface area (Å²) in [5, 5.41) is 16.1. The summed E-state index contributed by atoms with van der Waals surface area (Å²) in [6, 6.07) is 0.453. The Morgan fingerprint density at radius 2 is 2.00 bits per heavy atom. The zero-order valence-corrected chi connectivity index (χ0v) is 13.5. The van der Waals surface area contributed by atoms with Gasteiger partial charge in [0.1, 0.15) is 0 Å². The molecule has 0 bridgehead atoms. The Hall–Kier alpha value is -0.770. The van der Waals surface area contributed by atoms with Crippen LogP contribution in [0.1, 0.15) is 65.7 Å². The molecule has 1 rings (SSSR count). The molecule has 0 aromatic heterocycles. The SMILES string of the molecule is CCCCCCC(C)NC(=NCC1(CO)CC1)NCC. The van der Waals surface area contributed by atoms with Crippen LogP contribution < -0.4 is 10.6 Å². The summed E-state index contributed by atoms with van der Waals surface area (Å²) < 4.78 is 0. The highest BCUT2D eigenvalue weighted by molar-refractivity contribution is 5.80. The first-order valence-electron chi connectivity index (χ1n) is 8.31. The van der Waals surface area contributed by atoms with Crippen molar-refractivity contribution in [3.63, 3.8) is 0 Å². The fraction of sp³-hybridized carbons (Fsp3) is 0.938. The average molecular weight is 283 g/mol. The van der Waals surface area contributed by atoms with Crippen molar-refractivity contribution < 1.29 is 5.11 Å². The van der Waals surface area contributed by atoms with E-state index in [0.717, 1.165) is 31.9 Å². The normalized spacial score (nSPS) is 18.7. The number of nitrogens with zero attached hydrogens (tertiary/aromatic N) is 1. The van der Waals surface area contributed by atoms with Crippen LogP contribution in [0.5, 0.6) is 0 Å². The molecule has 0 aromatic rings. The van der Waals surface area contributed by atoms with E-state index in [4.69, 9.17) is 0 Å². The minimum Gasteiger partial charge on any atom is -0.396 e. The molecule has 3 N–H and O–H groups in total. The van der Waals surface area contributed by atoms with E-state index in [2.05, 4.69) is 36.4 Å². The fourth-order valence-corrected chi connectivity index (χ4v) is 2.29. The van der Waals surface area contributed by atoms with Gasteiger partial charge in [-0.2, -0.15) is 0 Å². The third kappa shape index (κ3) is 6.60. The van der Waals surface area contributed by atoms with Crippen LogP contribution >= 0.6 is 0 Å². The number of guanidine groups is 1. The molecule has 1 atom stereocenters. The van der Waals surface area contributed by atoms with Gasteiger partial charge in [0.25, 0.3) is 0 Å². The van der Waals surface area contributed by atoms with E-state index in [9.17, 15) is 5.11 Å². The number of rotatable bonds is 10. The maximum Gasteiger partial charge on any atom is 0.191 e. The number of hydrogen-bond donors (Lipinski definition) is 3. The van der Waals surface area contributed by atoms with Gasteiger partial charge in [0.05, 0.1) is 13.2 Å². The molecule has 0 aliphatic heterocycles. The van der Waals surface area contributed by atoms with Gasteiger partial charge in [0.15, 0.2) is 5.96 Å². The Balaban J connectivity index is 2.31. The van der Waals surface area contributed by atoms with Crippen molar-refractivity contribution in [2.45, 2.75) is 71.8 Å². The van der Waals surface area contributed by atoms with E-state index in [-0.39, 0.29) is 12.0 Å². The van der Waals surface area contributed by atoms with E-state index >= 15 is 0 Å². The molecule has 1 unspecified atom stereocenters. The summed E-state index contributed by atoms with van der Waals surface area (Å²) in [5.41, 5.74) is 0.0900. The van der Waals surface area contributed by atoms with Gasteiger partial charge in [-0.15, -0.1) is 0 Å². The number of aliphatic imine (C=N–C) groups is 1. The highest BCUT2D eigenvalue weighted by atomic mass is 16.3. The Morgan fingerprint density at radius 1 is 1.25 bits per heavy atom. The number of aliphatic hydroxyl groups is 1. The van der Waals surface area contributed by atoms with E-state index in [1.54, 1.807) is 0 Å². The first-order valence-corrected chi connectivity index (χ1v) is 8.31. The zero-order chi connectivity index (χ0) is 14.8. The van der Waals surface area contributed by atoms with Crippen LogP contribution in [0.2, 0.25) is 0 Å². The number of hydrogen-bond acceptors (Lipinski definition) is 2. The molecule has 0 amide bonds. The van der Waals surface area contributed by atoms with E-state index in [1.165, 1.54) is 32.1 Å². The quantitative estimate of drug-likeness (QED) is 0.328. The van der Waals surface area contributed by atoms with Gasteiger partial charge in [0, 0.05) is 18.0 Å². The van der Waals surface area contributed by atoms with Crippen LogP contribution in [0.25, 0.3) is 0 Å². The first kappa shape index (κ1) is 17.3. The summed E-state index contributed by atoms with van der Waals surface area (Å²) in [6.07, 6.45) is 8.63. The highest BCUT2D eigenvalue weighted by Crippen LogP contribution is 2.45. The molecule has 4 heteroatoms. The lowest BCUT2D eigenvalue weighted by Crippen LogP contribution is -2.42. The topological polar surface area (TPSA) is 56.7 Å². The molecule has 0 heterocycles. The second-order valence-corrected chi connectivity index (χ2v) is 6.25. The number of unbranched alkanes of at least 4 members (excludes halogenated alkanes) is 3. The van der Waals surface area contributed by atoms with Crippen LogP contribution in [0.15, 0.2) is 4.99 Å². The second-order valence-electron chi connectivity index (χ2n) is 6.25. The van der Waals surface area contributed by atoms with Crippen LogP contribution in [0.3, 0.4) is 0 Å². The van der Waals surface area contributed by atoms with Crippen molar-refractivity contribution in [2.24, 2.45) is 10.4 Å². The van der Waals surface area contributed by atoms with E-state index in [0.29, 0.717) is 6.04 Å². The highest BCUT2D eigenvalue weighted by Gasteiger charge is 2.41. The van der Waals surface area contributed by atoms with Crippen LogP contribution in [0, 0.1) is 5.41 Å². The smallest absolute Gasteiger partial charge is 0.191 e. The molecule has 1 aliphatic rings. The fourth-order valence-electron chi connectivity index (χ4n) is 2.29. The van der Waals surface area contributed by atoms with Gasteiger partial charge in [-0.25, -0.2) is 0 Å². The maximum atomic E-state index is 9.34. The molecule has 1 saturated carbocycles. The van der Waals surface area contributed by atoms with Crippen molar-refractivity contribution in [2.75, 3.05) is 19.7 Å². The van der Waals surface area contributed by atoms with Crippen molar-refractivity contribution in [3.8, 4) is 0 Å². The van der Waals surface area contributed by atoms with Crippen LogP contribution in [0.4, 0.5) is 0 Å². The molecule has 1 fully saturated rings. The van der Waals surface area contributed by atoms with Crippen molar-refractivity contribution in [1.82, 2.24) is 10.6 Å². The Bertz CT molecular complexity index is 287. The predicted octanol–water partition coefficient (Wildman–Crippen LogP) is 2.67. The largest absolute Gasteiger partial charge is 0.396 e. The number of aliphatic hydroxyl groups excluding tert-OH is 1. The lowest BCUT2D eigenvalue weighted by molar-refractivity contribution is 0.216. The third-order valence-corrected chi connectivity index (χ3v) is 4.08. The third-order valence-electron chi connectivity index (χ3n) is 4.08. The molecule has 118 valence electrons. The van der Waals surface area contributed by atoms with Crippen molar-refractivity contribution >= 4 is 5.96 Å². The summed E-state index contributed by atoms with van der Waals surface area (Å²) in [7, 11) is 0.